The van der Waals surface area contributed by atoms with E-state index in [0.29, 0.717) is 11.5 Å². The van der Waals surface area contributed by atoms with E-state index in [9.17, 15) is 4.79 Å². The van der Waals surface area contributed by atoms with Gasteiger partial charge in [0.1, 0.15) is 0 Å². The molecule has 0 heterocycles. The van der Waals surface area contributed by atoms with E-state index in [-0.39, 0.29) is 12.4 Å². The Labute approximate surface area is 101 Å². The van der Waals surface area contributed by atoms with Crippen LogP contribution in [-0.2, 0) is 6.42 Å². The molecule has 1 aromatic rings. The van der Waals surface area contributed by atoms with Crippen LogP contribution in [0.2, 0.25) is 0 Å². The lowest BCUT2D eigenvalue weighted by Crippen LogP contribution is -2.04. The molecule has 0 aliphatic carbocycles. The van der Waals surface area contributed by atoms with Gasteiger partial charge in [-0.1, -0.05) is 37.6 Å². The van der Waals surface area contributed by atoms with Gasteiger partial charge >= 0.3 is 0 Å². The van der Waals surface area contributed by atoms with E-state index >= 15 is 0 Å². The molecule has 0 saturated carbocycles. The summed E-state index contributed by atoms with van der Waals surface area (Å²) in [4.78, 5) is 11.7. The third-order valence-corrected chi connectivity index (χ3v) is 3.22. The smallest absolute Gasteiger partial charge is 0.172 e. The molecular formula is C13H18O2S. The van der Waals surface area contributed by atoms with Crippen LogP contribution in [-0.4, -0.2) is 29.0 Å². The standard InChI is InChI=1S/C13H18O2S/c1-2-3-11-4-6-12(7-5-11)13(15)10-16-9-8-14/h4-7,14H,2-3,8-10H2,1H3. The fraction of sp³-hybridized carbons (Fsp3) is 0.462. The van der Waals surface area contributed by atoms with Crippen molar-refractivity contribution in [1.82, 2.24) is 0 Å². The van der Waals surface area contributed by atoms with Crippen molar-refractivity contribution in [2.75, 3.05) is 18.1 Å². The molecule has 0 spiro atoms. The normalized spacial score (nSPS) is 10.4. The summed E-state index contributed by atoms with van der Waals surface area (Å²) in [6.45, 7) is 2.28. The molecule has 0 atom stereocenters. The van der Waals surface area contributed by atoms with Crippen molar-refractivity contribution in [3.63, 3.8) is 0 Å². The van der Waals surface area contributed by atoms with E-state index in [1.54, 1.807) is 0 Å². The number of hydrogen-bond acceptors (Lipinski definition) is 3. The Morgan fingerprint density at radius 2 is 2.00 bits per heavy atom. The van der Waals surface area contributed by atoms with E-state index < -0.39 is 0 Å². The third kappa shape index (κ3) is 4.37. The van der Waals surface area contributed by atoms with Crippen LogP contribution < -0.4 is 0 Å². The molecule has 2 nitrogen and oxygen atoms in total. The molecule has 1 N–H and O–H groups in total. The van der Waals surface area contributed by atoms with Gasteiger partial charge in [-0.25, -0.2) is 0 Å². The van der Waals surface area contributed by atoms with Crippen LogP contribution in [0.5, 0.6) is 0 Å². The molecule has 0 radical (unpaired) electrons. The second-order valence-electron chi connectivity index (χ2n) is 3.65. The van der Waals surface area contributed by atoms with Crippen LogP contribution in [0.3, 0.4) is 0 Å². The molecule has 1 rings (SSSR count). The maximum Gasteiger partial charge on any atom is 0.172 e. The fourth-order valence-electron chi connectivity index (χ4n) is 1.46. The molecule has 0 aromatic heterocycles. The van der Waals surface area contributed by atoms with Crippen molar-refractivity contribution in [3.05, 3.63) is 35.4 Å². The summed E-state index contributed by atoms with van der Waals surface area (Å²) in [5, 5.41) is 8.61. The molecular weight excluding hydrogens is 220 g/mol. The summed E-state index contributed by atoms with van der Waals surface area (Å²) >= 11 is 1.47. The number of aliphatic hydroxyl groups is 1. The van der Waals surface area contributed by atoms with Gasteiger partial charge in [-0.15, -0.1) is 0 Å². The van der Waals surface area contributed by atoms with E-state index in [0.717, 1.165) is 18.4 Å². The number of ketones is 1. The van der Waals surface area contributed by atoms with E-state index in [2.05, 4.69) is 6.92 Å². The number of aliphatic hydroxyl groups excluding tert-OH is 1. The highest BCUT2D eigenvalue weighted by Gasteiger charge is 2.05. The first-order chi connectivity index (χ1) is 7.77. The zero-order valence-electron chi connectivity index (χ0n) is 9.61. The van der Waals surface area contributed by atoms with Gasteiger partial charge in [0, 0.05) is 11.3 Å². The Balaban J connectivity index is 2.49. The Morgan fingerprint density at radius 1 is 1.31 bits per heavy atom. The van der Waals surface area contributed by atoms with Crippen molar-refractivity contribution < 1.29 is 9.90 Å². The average Bonchev–Trinajstić information content (AvgIpc) is 2.30. The number of hydrogen-bond donors (Lipinski definition) is 1. The molecule has 0 bridgehead atoms. The SMILES string of the molecule is CCCc1ccc(C(=O)CSCCO)cc1. The highest BCUT2D eigenvalue weighted by molar-refractivity contribution is 8.00. The summed E-state index contributed by atoms with van der Waals surface area (Å²) in [5.74, 6) is 1.22. The average molecular weight is 238 g/mol. The largest absolute Gasteiger partial charge is 0.396 e. The van der Waals surface area contributed by atoms with Gasteiger partial charge < -0.3 is 5.11 Å². The van der Waals surface area contributed by atoms with E-state index in [4.69, 9.17) is 5.11 Å². The van der Waals surface area contributed by atoms with Gasteiger partial charge in [0.05, 0.1) is 12.4 Å². The lowest BCUT2D eigenvalue weighted by Gasteiger charge is -2.02. The zero-order valence-corrected chi connectivity index (χ0v) is 10.4. The number of Topliss-reactive ketones (excluding diaryl/α,β-unsaturated/α-hetero) is 1. The van der Waals surface area contributed by atoms with Crippen LogP contribution in [0.25, 0.3) is 0 Å². The highest BCUT2D eigenvalue weighted by Crippen LogP contribution is 2.10. The van der Waals surface area contributed by atoms with Gasteiger partial charge in [-0.2, -0.15) is 11.8 Å². The molecule has 3 heteroatoms. The molecule has 0 amide bonds. The summed E-state index contributed by atoms with van der Waals surface area (Å²) < 4.78 is 0. The first-order valence-electron chi connectivity index (χ1n) is 5.58. The molecule has 88 valence electrons. The van der Waals surface area contributed by atoms with E-state index in [1.165, 1.54) is 17.3 Å². The van der Waals surface area contributed by atoms with Gasteiger partial charge in [-0.3, -0.25) is 4.79 Å². The topological polar surface area (TPSA) is 37.3 Å². The Morgan fingerprint density at radius 3 is 2.56 bits per heavy atom. The molecule has 0 aliphatic heterocycles. The number of benzene rings is 1. The van der Waals surface area contributed by atoms with Gasteiger partial charge in [-0.05, 0) is 12.0 Å². The van der Waals surface area contributed by atoms with E-state index in [1.807, 2.05) is 24.3 Å². The van der Waals surface area contributed by atoms with Crippen molar-refractivity contribution >= 4 is 17.5 Å². The Bertz CT molecular complexity index is 319. The minimum absolute atomic E-state index is 0.132. The lowest BCUT2D eigenvalue weighted by molar-refractivity contribution is 0.102. The molecule has 0 fully saturated rings. The zero-order chi connectivity index (χ0) is 11.8. The van der Waals surface area contributed by atoms with Gasteiger partial charge in [0.15, 0.2) is 5.78 Å². The quantitative estimate of drug-likeness (QED) is 0.586. The van der Waals surface area contributed by atoms with Crippen LogP contribution in [0.15, 0.2) is 24.3 Å². The van der Waals surface area contributed by atoms with Crippen LogP contribution >= 0.6 is 11.8 Å². The fourth-order valence-corrected chi connectivity index (χ4v) is 2.08. The highest BCUT2D eigenvalue weighted by atomic mass is 32.2. The van der Waals surface area contributed by atoms with Crippen LogP contribution in [0.4, 0.5) is 0 Å². The molecule has 0 saturated heterocycles. The maximum atomic E-state index is 11.7. The van der Waals surface area contributed by atoms with Crippen LogP contribution in [0, 0.1) is 0 Å². The Hall–Kier alpha value is -0.800. The lowest BCUT2D eigenvalue weighted by atomic mass is 10.1. The number of carbonyl (C=O) groups is 1. The second kappa shape index (κ2) is 7.47. The van der Waals surface area contributed by atoms with Gasteiger partial charge in [0.25, 0.3) is 0 Å². The predicted molar refractivity (Wildman–Crippen MR) is 69.2 cm³/mol. The molecule has 1 aromatic carbocycles. The first-order valence-corrected chi connectivity index (χ1v) is 6.74. The predicted octanol–water partition coefficient (Wildman–Crippen LogP) is 2.55. The maximum absolute atomic E-state index is 11.7. The van der Waals surface area contributed by atoms with Gasteiger partial charge in [0.2, 0.25) is 0 Å². The van der Waals surface area contributed by atoms with Crippen LogP contribution in [0.1, 0.15) is 29.3 Å². The number of carbonyl (C=O) groups excluding carboxylic acids is 1. The number of aryl methyl sites for hydroxylation is 1. The Kier molecular flexibility index (Phi) is 6.19. The minimum Gasteiger partial charge on any atom is -0.396 e. The number of thioether (sulfide) groups is 1. The van der Waals surface area contributed by atoms with Crippen molar-refractivity contribution in [2.24, 2.45) is 0 Å². The summed E-state index contributed by atoms with van der Waals surface area (Å²) in [7, 11) is 0. The minimum atomic E-state index is 0.132. The molecule has 0 unspecified atom stereocenters. The van der Waals surface area contributed by atoms with Crippen molar-refractivity contribution in [1.29, 1.82) is 0 Å². The number of rotatable bonds is 7. The second-order valence-corrected chi connectivity index (χ2v) is 4.75. The van der Waals surface area contributed by atoms with Crippen molar-refractivity contribution in [2.45, 2.75) is 19.8 Å². The molecule has 16 heavy (non-hydrogen) atoms. The summed E-state index contributed by atoms with van der Waals surface area (Å²) in [5.41, 5.74) is 2.05. The first kappa shape index (κ1) is 13.3. The monoisotopic (exact) mass is 238 g/mol. The third-order valence-electron chi connectivity index (χ3n) is 2.28. The summed E-state index contributed by atoms with van der Waals surface area (Å²) in [6.07, 6.45) is 2.19. The summed E-state index contributed by atoms with van der Waals surface area (Å²) in [6, 6.07) is 7.83. The van der Waals surface area contributed by atoms with Crippen molar-refractivity contribution in [3.8, 4) is 0 Å². The molecule has 0 aliphatic rings.